The molecule has 0 N–H and O–H groups in total. The van der Waals surface area contributed by atoms with E-state index in [4.69, 9.17) is 15.0 Å². The van der Waals surface area contributed by atoms with Gasteiger partial charge >= 0.3 is 6.09 Å². The van der Waals surface area contributed by atoms with Crippen molar-refractivity contribution in [2.45, 2.75) is 12.5 Å². The molecule has 1 amide bonds. The summed E-state index contributed by atoms with van der Waals surface area (Å²) < 4.78 is 39.4. The Morgan fingerprint density at radius 1 is 1.28 bits per heavy atom. The van der Waals surface area contributed by atoms with Crippen molar-refractivity contribution in [1.29, 1.82) is 0 Å². The van der Waals surface area contributed by atoms with Crippen LogP contribution in [0, 0.1) is 11.6 Å². The molecule has 0 saturated carbocycles. The zero-order chi connectivity index (χ0) is 17.8. The fraction of sp³-hybridized carbons (Fsp3) is 0.533. The first kappa shape index (κ1) is 17.2. The molecule has 0 aliphatic carbocycles. The van der Waals surface area contributed by atoms with Gasteiger partial charge in [0, 0.05) is 36.7 Å². The Morgan fingerprint density at radius 3 is 2.76 bits per heavy atom. The number of hydrogen-bond donors (Lipinski definition) is 0. The van der Waals surface area contributed by atoms with E-state index in [1.54, 1.807) is 4.90 Å². The molecule has 0 spiro atoms. The van der Waals surface area contributed by atoms with Crippen molar-refractivity contribution < 1.29 is 23.0 Å². The molecule has 0 radical (unpaired) electrons. The number of hydrogen-bond acceptors (Lipinski definition) is 5. The average Bonchev–Trinajstić information content (AvgIpc) is 2.77. The highest BCUT2D eigenvalue weighted by atomic mass is 19.1. The molecule has 0 aromatic heterocycles. The average molecular weight is 353 g/mol. The zero-order valence-electron chi connectivity index (χ0n) is 13.4. The van der Waals surface area contributed by atoms with Crippen LogP contribution in [0.25, 0.3) is 10.4 Å². The van der Waals surface area contributed by atoms with Crippen LogP contribution in [0.2, 0.25) is 0 Å². The summed E-state index contributed by atoms with van der Waals surface area (Å²) >= 11 is 0. The third kappa shape index (κ3) is 3.75. The predicted octanol–water partition coefficient (Wildman–Crippen LogP) is 2.83. The minimum absolute atomic E-state index is 0.0322. The minimum atomic E-state index is -0.747. The van der Waals surface area contributed by atoms with Crippen molar-refractivity contribution in [3.05, 3.63) is 34.2 Å². The number of benzene rings is 1. The molecular formula is C15H17F2N5O3. The second-order valence-electron chi connectivity index (χ2n) is 5.74. The number of halogens is 2. The Morgan fingerprint density at radius 2 is 2.04 bits per heavy atom. The lowest BCUT2D eigenvalue weighted by Crippen LogP contribution is -2.29. The largest absolute Gasteiger partial charge is 0.444 e. The minimum Gasteiger partial charge on any atom is -0.444 e. The van der Waals surface area contributed by atoms with Crippen LogP contribution < -0.4 is 9.80 Å². The summed E-state index contributed by atoms with van der Waals surface area (Å²) in [6.07, 6.45) is -0.690. The molecule has 2 aliphatic heterocycles. The molecule has 2 fully saturated rings. The molecule has 8 nitrogen and oxygen atoms in total. The third-order valence-electron chi connectivity index (χ3n) is 4.07. The van der Waals surface area contributed by atoms with E-state index < -0.39 is 23.8 Å². The normalized spacial score (nSPS) is 20.9. The smallest absolute Gasteiger partial charge is 0.414 e. The fourth-order valence-corrected chi connectivity index (χ4v) is 2.93. The molecule has 10 heteroatoms. The van der Waals surface area contributed by atoms with E-state index in [9.17, 15) is 13.6 Å². The molecule has 2 heterocycles. The van der Waals surface area contributed by atoms with E-state index in [1.165, 1.54) is 0 Å². The summed E-state index contributed by atoms with van der Waals surface area (Å²) in [5.74, 6) is -1.49. The summed E-state index contributed by atoms with van der Waals surface area (Å²) in [6, 6.07) is 2.22. The monoisotopic (exact) mass is 353 g/mol. The quantitative estimate of drug-likeness (QED) is 0.473. The number of azide groups is 1. The van der Waals surface area contributed by atoms with Crippen LogP contribution in [0.1, 0.15) is 6.42 Å². The molecule has 1 atom stereocenters. The lowest BCUT2D eigenvalue weighted by atomic mass is 10.2. The van der Waals surface area contributed by atoms with Crippen LogP contribution in [0.4, 0.5) is 25.0 Å². The number of cyclic esters (lactones) is 1. The maximum Gasteiger partial charge on any atom is 0.414 e. The number of amides is 1. The first-order valence-electron chi connectivity index (χ1n) is 7.91. The topological polar surface area (TPSA) is 90.8 Å². The second-order valence-corrected chi connectivity index (χ2v) is 5.74. The Bertz CT molecular complexity index is 679. The summed E-state index contributed by atoms with van der Waals surface area (Å²) in [7, 11) is 0. The van der Waals surface area contributed by atoms with Crippen LogP contribution in [0.5, 0.6) is 0 Å². The number of anilines is 2. The van der Waals surface area contributed by atoms with Crippen molar-refractivity contribution in [2.24, 2.45) is 5.11 Å². The highest BCUT2D eigenvalue weighted by Crippen LogP contribution is 2.31. The van der Waals surface area contributed by atoms with Gasteiger partial charge in [-0.15, -0.1) is 0 Å². The van der Waals surface area contributed by atoms with E-state index >= 15 is 0 Å². The molecular weight excluding hydrogens is 336 g/mol. The van der Waals surface area contributed by atoms with E-state index in [1.807, 2.05) is 0 Å². The Labute approximate surface area is 142 Å². The van der Waals surface area contributed by atoms with E-state index in [0.29, 0.717) is 32.7 Å². The molecule has 1 unspecified atom stereocenters. The van der Waals surface area contributed by atoms with Gasteiger partial charge in [0.1, 0.15) is 11.8 Å². The van der Waals surface area contributed by atoms with Gasteiger partial charge in [0.05, 0.1) is 25.4 Å². The van der Waals surface area contributed by atoms with Crippen molar-refractivity contribution in [3.8, 4) is 0 Å². The number of rotatable bonds is 4. The van der Waals surface area contributed by atoms with Gasteiger partial charge in [-0.2, -0.15) is 0 Å². The first-order valence-corrected chi connectivity index (χ1v) is 7.91. The molecule has 1 aromatic carbocycles. The fourth-order valence-electron chi connectivity index (χ4n) is 2.93. The van der Waals surface area contributed by atoms with Crippen LogP contribution in [-0.4, -0.2) is 51.6 Å². The van der Waals surface area contributed by atoms with Crippen molar-refractivity contribution >= 4 is 17.5 Å². The maximum absolute atomic E-state index is 14.5. The molecule has 2 aliphatic rings. The van der Waals surface area contributed by atoms with E-state index in [0.717, 1.165) is 17.0 Å². The first-order chi connectivity index (χ1) is 12.1. The van der Waals surface area contributed by atoms with Gasteiger partial charge in [0.15, 0.2) is 11.6 Å². The van der Waals surface area contributed by atoms with Crippen LogP contribution in [-0.2, 0) is 9.47 Å². The highest BCUT2D eigenvalue weighted by molar-refractivity contribution is 5.90. The lowest BCUT2D eigenvalue weighted by Gasteiger charge is -2.24. The Hall–Kier alpha value is -2.58. The summed E-state index contributed by atoms with van der Waals surface area (Å²) in [4.78, 5) is 17.2. The van der Waals surface area contributed by atoms with Gasteiger partial charge in [-0.05, 0) is 12.0 Å². The molecule has 25 heavy (non-hydrogen) atoms. The van der Waals surface area contributed by atoms with Crippen LogP contribution in [0.15, 0.2) is 17.2 Å². The maximum atomic E-state index is 14.5. The number of carbonyl (C=O) groups excluding carboxylic acids is 1. The van der Waals surface area contributed by atoms with E-state index in [-0.39, 0.29) is 24.5 Å². The Kier molecular flexibility index (Phi) is 5.20. The standard InChI is InChI=1S/C15H17F2N5O3/c16-12-6-10(22-9-11(8-19-20-18)25-15(22)23)7-13(17)14(12)21-2-1-4-24-5-3-21/h6-7,11H,1-5,8-9H2. The van der Waals surface area contributed by atoms with Gasteiger partial charge in [0.2, 0.25) is 0 Å². The lowest BCUT2D eigenvalue weighted by molar-refractivity contribution is 0.145. The van der Waals surface area contributed by atoms with Gasteiger partial charge in [-0.3, -0.25) is 4.90 Å². The van der Waals surface area contributed by atoms with Gasteiger partial charge in [-0.1, -0.05) is 5.11 Å². The molecule has 0 bridgehead atoms. The Balaban J connectivity index is 1.82. The van der Waals surface area contributed by atoms with Gasteiger partial charge < -0.3 is 14.4 Å². The van der Waals surface area contributed by atoms with E-state index in [2.05, 4.69) is 10.0 Å². The molecule has 1 aromatic rings. The SMILES string of the molecule is [N-]=[N+]=NCC1CN(c2cc(F)c(N3CCCOCC3)c(F)c2)C(=O)O1. The summed E-state index contributed by atoms with van der Waals surface area (Å²) in [5, 5.41) is 3.35. The molecule has 134 valence electrons. The molecule has 3 rings (SSSR count). The number of nitrogens with zero attached hydrogens (tertiary/aromatic N) is 5. The van der Waals surface area contributed by atoms with Gasteiger partial charge in [-0.25, -0.2) is 13.6 Å². The predicted molar refractivity (Wildman–Crippen MR) is 85.6 cm³/mol. The van der Waals surface area contributed by atoms with Crippen molar-refractivity contribution in [3.63, 3.8) is 0 Å². The molecule has 2 saturated heterocycles. The highest BCUT2D eigenvalue weighted by Gasteiger charge is 2.33. The van der Waals surface area contributed by atoms with Gasteiger partial charge in [0.25, 0.3) is 0 Å². The summed E-state index contributed by atoms with van der Waals surface area (Å²) in [6.45, 7) is 1.88. The van der Waals surface area contributed by atoms with Crippen molar-refractivity contribution in [2.75, 3.05) is 49.2 Å². The van der Waals surface area contributed by atoms with Crippen molar-refractivity contribution in [1.82, 2.24) is 0 Å². The second kappa shape index (κ2) is 7.54. The summed E-state index contributed by atoms with van der Waals surface area (Å²) in [5.41, 5.74) is 8.26. The number of carbonyl (C=O) groups is 1. The van der Waals surface area contributed by atoms with Crippen LogP contribution >= 0.6 is 0 Å². The number of ether oxygens (including phenoxy) is 2. The zero-order valence-corrected chi connectivity index (χ0v) is 13.4. The van der Waals surface area contributed by atoms with Crippen LogP contribution in [0.3, 0.4) is 0 Å². The third-order valence-corrected chi connectivity index (χ3v) is 4.07.